The molecule has 1 amide bonds. The lowest BCUT2D eigenvalue weighted by Crippen LogP contribution is -2.36. The summed E-state index contributed by atoms with van der Waals surface area (Å²) in [5.74, 6) is 0.556. The molecule has 1 heterocycles. The molecule has 0 bridgehead atoms. The predicted molar refractivity (Wildman–Crippen MR) is 86.6 cm³/mol. The highest BCUT2D eigenvalue weighted by Gasteiger charge is 2.24. The molecule has 0 saturated heterocycles. The number of rotatable bonds is 7. The molecule has 20 heavy (non-hydrogen) atoms. The second-order valence-corrected chi connectivity index (χ2v) is 6.82. The van der Waals surface area contributed by atoms with Gasteiger partial charge in [0.1, 0.15) is 10.6 Å². The Bertz CT molecular complexity index is 460. The van der Waals surface area contributed by atoms with Crippen LogP contribution in [0.2, 0.25) is 0 Å². The van der Waals surface area contributed by atoms with Crippen molar-refractivity contribution in [2.45, 2.75) is 32.4 Å². The van der Waals surface area contributed by atoms with E-state index >= 15 is 0 Å². The van der Waals surface area contributed by atoms with Crippen LogP contribution in [-0.2, 0) is 0 Å². The normalized spacial score (nSPS) is 14.1. The molecule has 5 N–H and O–H groups in total. The van der Waals surface area contributed by atoms with Gasteiger partial charge >= 0.3 is 0 Å². The third-order valence-electron chi connectivity index (χ3n) is 2.45. The van der Waals surface area contributed by atoms with E-state index < -0.39 is 5.60 Å². The number of nitrogens with zero attached hydrogens (tertiary/aromatic N) is 1. The highest BCUT2D eigenvalue weighted by atomic mass is 32.2. The molecule has 0 aliphatic heterocycles. The number of anilines is 2. The van der Waals surface area contributed by atoms with Crippen molar-refractivity contribution >= 4 is 40.0 Å². The van der Waals surface area contributed by atoms with E-state index in [-0.39, 0.29) is 17.8 Å². The summed E-state index contributed by atoms with van der Waals surface area (Å²) in [4.78, 5) is 12.1. The lowest BCUT2D eigenvalue weighted by Gasteiger charge is -2.22. The number of amides is 1. The van der Waals surface area contributed by atoms with Gasteiger partial charge in [0.25, 0.3) is 5.91 Å². The van der Waals surface area contributed by atoms with E-state index in [0.717, 1.165) is 11.5 Å². The van der Waals surface area contributed by atoms with E-state index in [4.69, 9.17) is 5.73 Å². The molecule has 8 heteroatoms. The van der Waals surface area contributed by atoms with E-state index in [1.54, 1.807) is 18.7 Å². The standard InChI is InChI=1S/C12H22N4O2S2/c1-7(2)15-10(17)8-9(13)16-20-11(8)14-5-12(3,18)6-19-4/h7,14,18H,5-6H2,1-4H3,(H2,13,16)(H,15,17). The molecule has 1 atom stereocenters. The highest BCUT2D eigenvalue weighted by molar-refractivity contribution is 7.98. The summed E-state index contributed by atoms with van der Waals surface area (Å²) < 4.78 is 4.00. The number of aromatic nitrogens is 1. The lowest BCUT2D eigenvalue weighted by molar-refractivity contribution is 0.0939. The smallest absolute Gasteiger partial charge is 0.258 e. The number of hydrogen-bond acceptors (Lipinski definition) is 7. The number of hydrogen-bond donors (Lipinski definition) is 4. The third-order valence-corrected chi connectivity index (χ3v) is 4.18. The second kappa shape index (κ2) is 7.14. The van der Waals surface area contributed by atoms with Crippen molar-refractivity contribution in [3.05, 3.63) is 5.56 Å². The van der Waals surface area contributed by atoms with E-state index in [9.17, 15) is 9.90 Å². The summed E-state index contributed by atoms with van der Waals surface area (Å²) in [6, 6.07) is 0.0225. The summed E-state index contributed by atoms with van der Waals surface area (Å²) in [5, 5.41) is 16.6. The van der Waals surface area contributed by atoms with Gasteiger partial charge in [-0.05, 0) is 38.6 Å². The number of nitrogens with one attached hydrogen (secondary N) is 2. The monoisotopic (exact) mass is 318 g/mol. The Morgan fingerprint density at radius 3 is 2.80 bits per heavy atom. The van der Waals surface area contributed by atoms with Gasteiger partial charge in [0.15, 0.2) is 5.82 Å². The van der Waals surface area contributed by atoms with Gasteiger partial charge in [-0.1, -0.05) is 0 Å². The fourth-order valence-corrected chi connectivity index (χ4v) is 3.04. The molecule has 1 rings (SSSR count). The van der Waals surface area contributed by atoms with Crippen molar-refractivity contribution in [1.29, 1.82) is 0 Å². The molecule has 0 aromatic carbocycles. The van der Waals surface area contributed by atoms with Crippen LogP contribution in [0, 0.1) is 0 Å². The molecule has 0 aliphatic rings. The highest BCUT2D eigenvalue weighted by Crippen LogP contribution is 2.27. The topological polar surface area (TPSA) is 100 Å². The van der Waals surface area contributed by atoms with Crippen LogP contribution in [0.15, 0.2) is 0 Å². The zero-order valence-electron chi connectivity index (χ0n) is 12.2. The van der Waals surface area contributed by atoms with Gasteiger partial charge < -0.3 is 21.5 Å². The molecule has 114 valence electrons. The van der Waals surface area contributed by atoms with Crippen molar-refractivity contribution in [3.63, 3.8) is 0 Å². The first-order valence-corrected chi connectivity index (χ1v) is 8.44. The van der Waals surface area contributed by atoms with Gasteiger partial charge in [0.2, 0.25) is 0 Å². The second-order valence-electron chi connectivity index (χ2n) is 5.18. The molecule has 1 aromatic rings. The summed E-state index contributed by atoms with van der Waals surface area (Å²) in [5.41, 5.74) is 5.24. The zero-order valence-corrected chi connectivity index (χ0v) is 13.8. The lowest BCUT2D eigenvalue weighted by atomic mass is 10.1. The number of nitrogen functional groups attached to an aromatic ring is 1. The summed E-state index contributed by atoms with van der Waals surface area (Å²) in [6.45, 7) is 5.83. The Labute approximate surface area is 127 Å². The van der Waals surface area contributed by atoms with Crippen molar-refractivity contribution < 1.29 is 9.90 Å². The van der Waals surface area contributed by atoms with Crippen LogP contribution in [0.3, 0.4) is 0 Å². The Morgan fingerprint density at radius 2 is 2.25 bits per heavy atom. The Balaban J connectivity index is 2.79. The number of carbonyl (C=O) groups excluding carboxylic acids is 1. The van der Waals surface area contributed by atoms with Crippen LogP contribution < -0.4 is 16.4 Å². The first-order valence-electron chi connectivity index (χ1n) is 6.28. The third kappa shape index (κ3) is 4.84. The minimum atomic E-state index is -0.857. The quantitative estimate of drug-likeness (QED) is 0.606. The maximum absolute atomic E-state index is 12.1. The minimum absolute atomic E-state index is 0.0225. The Hall–Kier alpha value is -0.990. The number of thioether (sulfide) groups is 1. The summed E-state index contributed by atoms with van der Waals surface area (Å²) in [6.07, 6.45) is 1.93. The number of aliphatic hydroxyl groups is 1. The van der Waals surface area contributed by atoms with Crippen LogP contribution in [0.1, 0.15) is 31.1 Å². The van der Waals surface area contributed by atoms with Crippen LogP contribution in [0.25, 0.3) is 0 Å². The van der Waals surface area contributed by atoms with Gasteiger partial charge in [0, 0.05) is 18.3 Å². The molecule has 1 aromatic heterocycles. The van der Waals surface area contributed by atoms with E-state index in [1.807, 2.05) is 20.1 Å². The van der Waals surface area contributed by atoms with E-state index in [0.29, 0.717) is 22.9 Å². The molecule has 0 fully saturated rings. The molecule has 6 nitrogen and oxygen atoms in total. The molecule has 0 radical (unpaired) electrons. The first-order chi connectivity index (χ1) is 9.26. The molecule has 1 unspecified atom stereocenters. The molecular formula is C12H22N4O2S2. The average molecular weight is 318 g/mol. The summed E-state index contributed by atoms with van der Waals surface area (Å²) in [7, 11) is 0. The Morgan fingerprint density at radius 1 is 1.60 bits per heavy atom. The van der Waals surface area contributed by atoms with Crippen molar-refractivity contribution in [3.8, 4) is 0 Å². The van der Waals surface area contributed by atoms with Crippen LogP contribution in [0.5, 0.6) is 0 Å². The van der Waals surface area contributed by atoms with Crippen LogP contribution in [-0.4, -0.2) is 45.6 Å². The van der Waals surface area contributed by atoms with Crippen molar-refractivity contribution in [1.82, 2.24) is 9.69 Å². The molecular weight excluding hydrogens is 296 g/mol. The fraction of sp³-hybridized carbons (Fsp3) is 0.667. The van der Waals surface area contributed by atoms with Crippen LogP contribution >= 0.6 is 23.3 Å². The minimum Gasteiger partial charge on any atom is -0.387 e. The number of nitrogens with two attached hydrogens (primary N) is 1. The maximum atomic E-state index is 12.1. The van der Waals surface area contributed by atoms with E-state index in [2.05, 4.69) is 15.0 Å². The number of carbonyl (C=O) groups is 1. The Kier molecular flexibility index (Phi) is 6.09. The molecule has 0 spiro atoms. The maximum Gasteiger partial charge on any atom is 0.258 e. The predicted octanol–water partition coefficient (Wildman–Crippen LogP) is 1.39. The fourth-order valence-electron chi connectivity index (χ4n) is 1.61. The van der Waals surface area contributed by atoms with Gasteiger partial charge in [0.05, 0.1) is 5.60 Å². The first kappa shape index (κ1) is 17.1. The van der Waals surface area contributed by atoms with Gasteiger partial charge in [-0.3, -0.25) is 4.79 Å². The van der Waals surface area contributed by atoms with E-state index in [1.165, 1.54) is 0 Å². The largest absolute Gasteiger partial charge is 0.387 e. The van der Waals surface area contributed by atoms with Crippen molar-refractivity contribution in [2.24, 2.45) is 0 Å². The van der Waals surface area contributed by atoms with Gasteiger partial charge in [-0.2, -0.15) is 16.1 Å². The van der Waals surface area contributed by atoms with Crippen molar-refractivity contribution in [2.75, 3.05) is 29.6 Å². The van der Waals surface area contributed by atoms with Gasteiger partial charge in [-0.15, -0.1) is 0 Å². The zero-order chi connectivity index (χ0) is 15.3. The SMILES string of the molecule is CSCC(C)(O)CNc1snc(N)c1C(=O)NC(C)C. The molecule has 0 saturated carbocycles. The van der Waals surface area contributed by atoms with Crippen LogP contribution in [0.4, 0.5) is 10.8 Å². The summed E-state index contributed by atoms with van der Waals surface area (Å²) >= 11 is 2.69. The average Bonchev–Trinajstić information content (AvgIpc) is 2.67. The van der Waals surface area contributed by atoms with Gasteiger partial charge in [-0.25, -0.2) is 0 Å². The molecule has 0 aliphatic carbocycles.